The number of hydrogen-bond donors (Lipinski definition) is 4. The number of carbonyl (C=O) groups excluding carboxylic acids is 2. The van der Waals surface area contributed by atoms with E-state index in [1.807, 2.05) is 0 Å². The van der Waals surface area contributed by atoms with Crippen LogP contribution in [0.15, 0.2) is 78.5 Å². The Hall–Kier alpha value is -5.38. The number of aliphatic hydroxyl groups is 1. The molecule has 12 nitrogen and oxygen atoms in total. The second-order valence-corrected chi connectivity index (χ2v) is 10.4. The van der Waals surface area contributed by atoms with Crippen molar-refractivity contribution in [2.45, 2.75) is 31.0 Å². The number of primary amides is 1. The van der Waals surface area contributed by atoms with Gasteiger partial charge in [-0.05, 0) is 56.3 Å². The number of ether oxygens (including phenoxy) is 2. The minimum atomic E-state index is -5.39. The number of rotatable bonds is 11. The van der Waals surface area contributed by atoms with Crippen LogP contribution in [0.5, 0.6) is 5.75 Å². The van der Waals surface area contributed by atoms with Gasteiger partial charge in [0.05, 0.1) is 37.4 Å². The molecule has 0 fully saturated rings. The van der Waals surface area contributed by atoms with Crippen LogP contribution >= 0.6 is 0 Å². The summed E-state index contributed by atoms with van der Waals surface area (Å²) in [6, 6.07) is 5.49. The summed E-state index contributed by atoms with van der Waals surface area (Å²) in [7, 11) is 1.33. The van der Waals surface area contributed by atoms with E-state index in [1.54, 1.807) is 0 Å². The van der Waals surface area contributed by atoms with Gasteiger partial charge in [-0.3, -0.25) is 9.59 Å². The summed E-state index contributed by atoms with van der Waals surface area (Å²) >= 11 is 0. The summed E-state index contributed by atoms with van der Waals surface area (Å²) in [4.78, 5) is 33.5. The standard InChI is InChI=1S/C30H29F4N7O5/c1-5-21(45-4)20(39-27-36-10-11-38-41-27)12-16(2)25(42)37-14-29(44,30(32,33)34)22-13-19-24(46-15-28(19,3)26(35)43)23(40-22)17-6-8-18(31)9-7-17/h5-13,44H,1,14-15H2,2-4H3,(H2,35,43)(H,37,42)(H,36,39,41)/b16-12+,21-20-/t28-,29?/m0/s1. The van der Waals surface area contributed by atoms with Crippen molar-refractivity contribution in [3.63, 3.8) is 0 Å². The van der Waals surface area contributed by atoms with Gasteiger partial charge in [-0.2, -0.15) is 18.3 Å². The Kier molecular flexibility index (Phi) is 9.42. The van der Waals surface area contributed by atoms with E-state index in [0.29, 0.717) is 0 Å². The number of nitrogens with zero attached hydrogens (tertiary/aromatic N) is 4. The molecule has 5 N–H and O–H groups in total. The molecule has 2 aromatic heterocycles. The van der Waals surface area contributed by atoms with Crippen molar-refractivity contribution in [3.05, 3.63) is 95.6 Å². The first kappa shape index (κ1) is 33.5. The molecule has 242 valence electrons. The number of anilines is 1. The van der Waals surface area contributed by atoms with Gasteiger partial charge in [-0.25, -0.2) is 14.4 Å². The number of nitrogens with one attached hydrogen (secondary N) is 2. The zero-order valence-corrected chi connectivity index (χ0v) is 24.8. The molecule has 46 heavy (non-hydrogen) atoms. The van der Waals surface area contributed by atoms with Crippen molar-refractivity contribution < 1.29 is 41.7 Å². The van der Waals surface area contributed by atoms with Crippen LogP contribution in [0.1, 0.15) is 25.1 Å². The van der Waals surface area contributed by atoms with E-state index in [9.17, 15) is 32.3 Å². The minimum Gasteiger partial charge on any atom is -0.495 e. The normalized spacial score (nSPS) is 18.0. The lowest BCUT2D eigenvalue weighted by Crippen LogP contribution is -2.52. The third-order valence-corrected chi connectivity index (χ3v) is 7.25. The number of benzene rings is 1. The van der Waals surface area contributed by atoms with E-state index < -0.39 is 47.1 Å². The van der Waals surface area contributed by atoms with Gasteiger partial charge in [0.15, 0.2) is 0 Å². The van der Waals surface area contributed by atoms with Crippen LogP contribution in [0.2, 0.25) is 0 Å². The molecule has 0 bridgehead atoms. The Balaban J connectivity index is 1.74. The maximum atomic E-state index is 14.7. The smallest absolute Gasteiger partial charge is 0.424 e. The number of halogens is 4. The van der Waals surface area contributed by atoms with Gasteiger partial charge in [0, 0.05) is 16.7 Å². The van der Waals surface area contributed by atoms with Gasteiger partial charge in [0.1, 0.15) is 35.0 Å². The predicted octanol–water partition coefficient (Wildman–Crippen LogP) is 3.18. The summed E-state index contributed by atoms with van der Waals surface area (Å²) < 4.78 is 68.6. The van der Waals surface area contributed by atoms with Crippen molar-refractivity contribution in [1.29, 1.82) is 0 Å². The van der Waals surface area contributed by atoms with Gasteiger partial charge < -0.3 is 30.9 Å². The maximum absolute atomic E-state index is 14.7. The van der Waals surface area contributed by atoms with Crippen LogP contribution in [0, 0.1) is 5.82 Å². The lowest BCUT2D eigenvalue weighted by atomic mass is 9.81. The Morgan fingerprint density at radius 1 is 1.24 bits per heavy atom. The fraction of sp³-hybridized carbons (Fsp3) is 0.267. The van der Waals surface area contributed by atoms with Crippen molar-refractivity contribution in [2.75, 3.05) is 25.6 Å². The zero-order chi connectivity index (χ0) is 33.9. The predicted molar refractivity (Wildman–Crippen MR) is 156 cm³/mol. The number of carbonyl (C=O) groups is 2. The molecule has 2 amide bonds. The van der Waals surface area contributed by atoms with Crippen LogP contribution in [-0.4, -0.2) is 63.5 Å². The van der Waals surface area contributed by atoms with Crippen LogP contribution in [0.25, 0.3) is 11.3 Å². The fourth-order valence-electron chi connectivity index (χ4n) is 4.47. The molecule has 3 heterocycles. The molecule has 1 aliphatic rings. The van der Waals surface area contributed by atoms with Gasteiger partial charge in [0.2, 0.25) is 23.4 Å². The van der Waals surface area contributed by atoms with Crippen LogP contribution in [0.4, 0.5) is 23.5 Å². The Bertz CT molecular complexity index is 1710. The second kappa shape index (κ2) is 12.9. The topological polar surface area (TPSA) is 174 Å². The van der Waals surface area contributed by atoms with Crippen LogP contribution in [-0.2, 0) is 25.3 Å². The number of pyridine rings is 1. The number of methoxy groups -OCH3 is 1. The first-order valence-electron chi connectivity index (χ1n) is 13.5. The lowest BCUT2D eigenvalue weighted by molar-refractivity contribution is -0.265. The molecule has 1 aliphatic heterocycles. The van der Waals surface area contributed by atoms with E-state index >= 15 is 0 Å². The third kappa shape index (κ3) is 6.51. The van der Waals surface area contributed by atoms with Crippen LogP contribution < -0.4 is 21.1 Å². The van der Waals surface area contributed by atoms with Gasteiger partial charge in [-0.1, -0.05) is 6.58 Å². The van der Waals surface area contributed by atoms with E-state index in [2.05, 4.69) is 37.4 Å². The highest BCUT2D eigenvalue weighted by atomic mass is 19.4. The number of fused-ring (bicyclic) bond motifs is 1. The van der Waals surface area contributed by atoms with Crippen molar-refractivity contribution in [3.8, 4) is 17.0 Å². The van der Waals surface area contributed by atoms with Crippen LogP contribution in [0.3, 0.4) is 0 Å². The molecule has 0 aliphatic carbocycles. The highest BCUT2D eigenvalue weighted by Gasteiger charge is 2.57. The molecular formula is C30H29F4N7O5. The SMILES string of the molecule is C=C/C(OC)=C(\C=C(/C)C(=O)NCC(O)(c1cc2c(c(-c3ccc(F)cc3)n1)OC[C@]2(C)C(N)=O)C(F)(F)F)Nc1nccnn1. The summed E-state index contributed by atoms with van der Waals surface area (Å²) in [5.74, 6) is -2.41. The quantitative estimate of drug-likeness (QED) is 0.105. The number of alkyl halides is 3. The Morgan fingerprint density at radius 2 is 1.93 bits per heavy atom. The molecule has 0 saturated heterocycles. The summed E-state index contributed by atoms with van der Waals surface area (Å²) in [5, 5.41) is 23.6. The number of nitrogens with two attached hydrogens (primary N) is 1. The number of hydrogen-bond acceptors (Lipinski definition) is 10. The van der Waals surface area contributed by atoms with E-state index in [1.165, 1.54) is 57.6 Å². The average Bonchev–Trinajstić information content (AvgIpc) is 3.37. The Morgan fingerprint density at radius 3 is 2.50 bits per heavy atom. The highest BCUT2D eigenvalue weighted by Crippen LogP contribution is 2.47. The molecule has 0 radical (unpaired) electrons. The fourth-order valence-corrected chi connectivity index (χ4v) is 4.47. The molecule has 0 saturated carbocycles. The first-order valence-corrected chi connectivity index (χ1v) is 13.5. The summed E-state index contributed by atoms with van der Waals surface area (Å²) in [5.41, 5.74) is -0.839. The molecular weight excluding hydrogens is 614 g/mol. The van der Waals surface area contributed by atoms with Gasteiger partial charge in [0.25, 0.3) is 0 Å². The molecule has 4 rings (SSSR count). The van der Waals surface area contributed by atoms with E-state index in [-0.39, 0.29) is 52.2 Å². The van der Waals surface area contributed by atoms with Gasteiger partial charge >= 0.3 is 6.18 Å². The molecule has 2 atom stereocenters. The minimum absolute atomic E-state index is 0.0244. The largest absolute Gasteiger partial charge is 0.495 e. The highest BCUT2D eigenvalue weighted by molar-refractivity contribution is 5.93. The van der Waals surface area contributed by atoms with E-state index in [4.69, 9.17) is 15.2 Å². The third-order valence-electron chi connectivity index (χ3n) is 7.25. The molecule has 0 spiro atoms. The number of aromatic nitrogens is 4. The molecule has 3 aromatic rings. The molecule has 1 unspecified atom stereocenters. The van der Waals surface area contributed by atoms with Crippen molar-refractivity contribution in [2.24, 2.45) is 5.73 Å². The summed E-state index contributed by atoms with van der Waals surface area (Å²) in [6.07, 6.45) is -0.159. The summed E-state index contributed by atoms with van der Waals surface area (Å²) in [6.45, 7) is 4.60. The first-order chi connectivity index (χ1) is 21.6. The van der Waals surface area contributed by atoms with Crippen molar-refractivity contribution >= 4 is 17.8 Å². The zero-order valence-electron chi connectivity index (χ0n) is 24.8. The van der Waals surface area contributed by atoms with E-state index in [0.717, 1.165) is 18.2 Å². The van der Waals surface area contributed by atoms with Crippen molar-refractivity contribution in [1.82, 2.24) is 25.5 Å². The lowest BCUT2D eigenvalue weighted by Gasteiger charge is -2.31. The number of amides is 2. The molecule has 16 heteroatoms. The average molecular weight is 644 g/mol. The second-order valence-electron chi connectivity index (χ2n) is 10.4. The molecule has 1 aromatic carbocycles. The van der Waals surface area contributed by atoms with Gasteiger partial charge in [-0.15, -0.1) is 5.10 Å². The monoisotopic (exact) mass is 643 g/mol. The maximum Gasteiger partial charge on any atom is 0.424 e. The Labute approximate surface area is 260 Å². The number of allylic oxidation sites excluding steroid dienone is 2.